The van der Waals surface area contributed by atoms with Crippen molar-refractivity contribution in [2.75, 3.05) is 7.11 Å². The maximum atomic E-state index is 12.0. The normalized spacial score (nSPS) is 10.6. The van der Waals surface area contributed by atoms with E-state index in [9.17, 15) is 9.59 Å². The van der Waals surface area contributed by atoms with Crippen molar-refractivity contribution in [3.63, 3.8) is 0 Å². The fraction of sp³-hybridized carbons (Fsp3) is 0.333. The van der Waals surface area contributed by atoms with Crippen LogP contribution in [0.5, 0.6) is 5.75 Å². The van der Waals surface area contributed by atoms with Gasteiger partial charge >= 0.3 is 10.8 Å². The molecule has 0 unspecified atom stereocenters. The van der Waals surface area contributed by atoms with Crippen LogP contribution in [0.25, 0.3) is 11.3 Å². The van der Waals surface area contributed by atoms with Gasteiger partial charge in [0.15, 0.2) is 0 Å². The summed E-state index contributed by atoms with van der Waals surface area (Å²) < 4.78 is 6.97. The molecule has 1 aromatic carbocycles. The number of carbonyl (C=O) groups is 1. The molecule has 1 aromatic heterocycles. The monoisotopic (exact) mass is 307 g/mol. The number of ether oxygens (including phenoxy) is 1. The van der Waals surface area contributed by atoms with Crippen LogP contribution >= 0.6 is 11.3 Å². The summed E-state index contributed by atoms with van der Waals surface area (Å²) in [7, 11) is 1.59. The molecule has 2 rings (SSSR count). The Kier molecular flexibility index (Phi) is 4.80. The van der Waals surface area contributed by atoms with Crippen LogP contribution in [-0.4, -0.2) is 22.8 Å². The molecule has 2 aromatic rings. The molecule has 0 bridgehead atoms. The summed E-state index contributed by atoms with van der Waals surface area (Å²) in [4.78, 5) is 22.5. The first kappa shape index (κ1) is 15.3. The van der Waals surface area contributed by atoms with E-state index in [0.717, 1.165) is 28.2 Å². The number of aliphatic carboxylic acids is 1. The maximum absolute atomic E-state index is 12.0. The highest BCUT2D eigenvalue weighted by atomic mass is 32.1. The van der Waals surface area contributed by atoms with E-state index in [0.29, 0.717) is 18.7 Å². The third-order valence-corrected chi connectivity index (χ3v) is 3.95. The summed E-state index contributed by atoms with van der Waals surface area (Å²) in [5, 5.41) is 10.5. The Labute approximate surface area is 126 Å². The van der Waals surface area contributed by atoms with E-state index in [2.05, 4.69) is 0 Å². The Morgan fingerprint density at radius 1 is 1.43 bits per heavy atom. The molecule has 0 aliphatic heterocycles. The highest BCUT2D eigenvalue weighted by Crippen LogP contribution is 2.31. The zero-order chi connectivity index (χ0) is 15.4. The van der Waals surface area contributed by atoms with Gasteiger partial charge in [-0.15, -0.1) is 0 Å². The van der Waals surface area contributed by atoms with Crippen LogP contribution in [0.15, 0.2) is 28.4 Å². The van der Waals surface area contributed by atoms with E-state index in [1.807, 2.05) is 25.1 Å². The molecule has 0 fully saturated rings. The Balaban J connectivity index is 2.38. The quantitative estimate of drug-likeness (QED) is 0.891. The van der Waals surface area contributed by atoms with E-state index in [1.165, 1.54) is 0 Å². The average molecular weight is 307 g/mol. The van der Waals surface area contributed by atoms with Crippen LogP contribution < -0.4 is 9.61 Å². The van der Waals surface area contributed by atoms with E-state index in [4.69, 9.17) is 9.84 Å². The van der Waals surface area contributed by atoms with Gasteiger partial charge in [0, 0.05) is 23.9 Å². The fourth-order valence-electron chi connectivity index (χ4n) is 2.16. The second-order valence-corrected chi connectivity index (χ2v) is 5.56. The average Bonchev–Trinajstić information content (AvgIpc) is 2.80. The standard InChI is InChI=1S/C15H17NO4S/c1-10-5-6-13(20-2)11(8-10)12-9-21-15(19)16(12)7-3-4-14(17)18/h5-6,8-9H,3-4,7H2,1-2H3,(H,17,18). The minimum atomic E-state index is -0.854. The molecule has 0 saturated carbocycles. The summed E-state index contributed by atoms with van der Waals surface area (Å²) in [6.07, 6.45) is 0.472. The molecule has 1 heterocycles. The predicted molar refractivity (Wildman–Crippen MR) is 82.2 cm³/mol. The topological polar surface area (TPSA) is 68.5 Å². The number of thiazole rings is 1. The molecule has 0 aliphatic rings. The number of benzene rings is 1. The number of nitrogens with zero attached hydrogens (tertiary/aromatic N) is 1. The van der Waals surface area contributed by atoms with Crippen molar-refractivity contribution >= 4 is 17.3 Å². The predicted octanol–water partition coefficient (Wildman–Crippen LogP) is 2.76. The maximum Gasteiger partial charge on any atom is 0.307 e. The van der Waals surface area contributed by atoms with Gasteiger partial charge in [0.2, 0.25) is 0 Å². The van der Waals surface area contributed by atoms with Crippen LogP contribution in [0.1, 0.15) is 18.4 Å². The Hall–Kier alpha value is -2.08. The van der Waals surface area contributed by atoms with Gasteiger partial charge in [0.25, 0.3) is 0 Å². The Morgan fingerprint density at radius 2 is 2.19 bits per heavy atom. The van der Waals surface area contributed by atoms with Crippen LogP contribution in [0.4, 0.5) is 0 Å². The summed E-state index contributed by atoms with van der Waals surface area (Å²) in [5.41, 5.74) is 2.70. The summed E-state index contributed by atoms with van der Waals surface area (Å²) in [6, 6.07) is 5.78. The van der Waals surface area contributed by atoms with Gasteiger partial charge in [-0.3, -0.25) is 14.2 Å². The van der Waals surface area contributed by atoms with Crippen LogP contribution in [0.2, 0.25) is 0 Å². The van der Waals surface area contributed by atoms with Gasteiger partial charge in [-0.05, 0) is 25.5 Å². The molecule has 0 amide bonds. The van der Waals surface area contributed by atoms with Crippen molar-refractivity contribution in [2.24, 2.45) is 0 Å². The number of rotatable bonds is 6. The second kappa shape index (κ2) is 6.58. The zero-order valence-electron chi connectivity index (χ0n) is 12.0. The van der Waals surface area contributed by atoms with E-state index >= 15 is 0 Å². The van der Waals surface area contributed by atoms with Gasteiger partial charge in [-0.1, -0.05) is 23.0 Å². The van der Waals surface area contributed by atoms with E-state index < -0.39 is 5.97 Å². The number of aromatic nitrogens is 1. The number of aryl methyl sites for hydroxylation is 1. The minimum absolute atomic E-state index is 0.0483. The highest BCUT2D eigenvalue weighted by Gasteiger charge is 2.14. The van der Waals surface area contributed by atoms with Crippen molar-refractivity contribution in [1.82, 2.24) is 4.57 Å². The number of carboxylic acid groups (broad SMARTS) is 1. The molecule has 5 nitrogen and oxygen atoms in total. The molecule has 112 valence electrons. The summed E-state index contributed by atoms with van der Waals surface area (Å²) >= 11 is 1.11. The molecule has 0 aliphatic carbocycles. The van der Waals surface area contributed by atoms with Crippen molar-refractivity contribution < 1.29 is 14.6 Å². The molecular formula is C15H17NO4S. The van der Waals surface area contributed by atoms with Crippen molar-refractivity contribution in [1.29, 1.82) is 0 Å². The Bertz CT molecular complexity index is 702. The van der Waals surface area contributed by atoms with Gasteiger partial charge in [-0.2, -0.15) is 0 Å². The molecule has 6 heteroatoms. The lowest BCUT2D eigenvalue weighted by atomic mass is 10.1. The Morgan fingerprint density at radius 3 is 2.86 bits per heavy atom. The van der Waals surface area contributed by atoms with Gasteiger partial charge in [0.05, 0.1) is 12.8 Å². The lowest BCUT2D eigenvalue weighted by molar-refractivity contribution is -0.137. The van der Waals surface area contributed by atoms with Gasteiger partial charge < -0.3 is 9.84 Å². The first-order chi connectivity index (χ1) is 10.0. The second-order valence-electron chi connectivity index (χ2n) is 4.74. The van der Waals surface area contributed by atoms with E-state index in [1.54, 1.807) is 17.1 Å². The van der Waals surface area contributed by atoms with Crippen LogP contribution in [-0.2, 0) is 11.3 Å². The molecule has 0 saturated heterocycles. The zero-order valence-corrected chi connectivity index (χ0v) is 12.8. The van der Waals surface area contributed by atoms with Crippen molar-refractivity contribution in [2.45, 2.75) is 26.3 Å². The minimum Gasteiger partial charge on any atom is -0.496 e. The first-order valence-electron chi connectivity index (χ1n) is 6.58. The summed E-state index contributed by atoms with van der Waals surface area (Å²) in [6.45, 7) is 2.36. The smallest absolute Gasteiger partial charge is 0.307 e. The SMILES string of the molecule is COc1ccc(C)cc1-c1csc(=O)n1CCCC(=O)O. The lowest BCUT2D eigenvalue weighted by Gasteiger charge is -2.12. The highest BCUT2D eigenvalue weighted by molar-refractivity contribution is 7.07. The van der Waals surface area contributed by atoms with Crippen LogP contribution in [0, 0.1) is 6.92 Å². The molecule has 0 atom stereocenters. The molecule has 0 radical (unpaired) electrons. The lowest BCUT2D eigenvalue weighted by Crippen LogP contribution is -2.15. The summed E-state index contributed by atoms with van der Waals surface area (Å²) in [5.74, 6) is -0.154. The third-order valence-electron chi connectivity index (χ3n) is 3.19. The number of hydrogen-bond donors (Lipinski definition) is 1. The fourth-order valence-corrected chi connectivity index (χ4v) is 2.95. The third kappa shape index (κ3) is 3.52. The first-order valence-corrected chi connectivity index (χ1v) is 7.46. The number of hydrogen-bond acceptors (Lipinski definition) is 4. The van der Waals surface area contributed by atoms with Crippen molar-refractivity contribution in [3.8, 4) is 17.0 Å². The van der Waals surface area contributed by atoms with Crippen molar-refractivity contribution in [3.05, 3.63) is 38.8 Å². The molecule has 0 spiro atoms. The largest absolute Gasteiger partial charge is 0.496 e. The van der Waals surface area contributed by atoms with Gasteiger partial charge in [0.1, 0.15) is 5.75 Å². The molecule has 1 N–H and O–H groups in total. The number of methoxy groups -OCH3 is 1. The number of carboxylic acids is 1. The molecule has 21 heavy (non-hydrogen) atoms. The van der Waals surface area contributed by atoms with E-state index in [-0.39, 0.29) is 11.3 Å². The molecular weight excluding hydrogens is 290 g/mol. The van der Waals surface area contributed by atoms with Crippen LogP contribution in [0.3, 0.4) is 0 Å². The van der Waals surface area contributed by atoms with Gasteiger partial charge in [-0.25, -0.2) is 0 Å².